The normalized spacial score (nSPS) is 10.8. The minimum Gasteiger partial charge on any atom is -0.508 e. The lowest BCUT2D eigenvalue weighted by atomic mass is 10.1. The van der Waals surface area contributed by atoms with E-state index in [1.165, 1.54) is 0 Å². The van der Waals surface area contributed by atoms with E-state index in [4.69, 9.17) is 27.7 Å². The van der Waals surface area contributed by atoms with Gasteiger partial charge in [0.2, 0.25) is 11.7 Å². The average Bonchev–Trinajstić information content (AvgIpc) is 2.86. The molecule has 6 heteroatoms. The molecular weight excluding hydrogens is 311 g/mol. The van der Waals surface area contributed by atoms with Crippen LogP contribution in [0.25, 0.3) is 11.4 Å². The minimum absolute atomic E-state index is 0.203. The van der Waals surface area contributed by atoms with Gasteiger partial charge in [0.05, 0.1) is 6.42 Å². The number of benzene rings is 2. The van der Waals surface area contributed by atoms with E-state index in [-0.39, 0.29) is 5.75 Å². The van der Waals surface area contributed by atoms with Crippen LogP contribution in [0.3, 0.4) is 0 Å². The van der Waals surface area contributed by atoms with Crippen molar-refractivity contribution in [2.24, 2.45) is 0 Å². The van der Waals surface area contributed by atoms with Crippen molar-refractivity contribution in [2.75, 3.05) is 0 Å². The summed E-state index contributed by atoms with van der Waals surface area (Å²) in [5.74, 6) is 1.08. The molecule has 0 amide bonds. The van der Waals surface area contributed by atoms with Crippen molar-refractivity contribution in [1.29, 1.82) is 0 Å². The molecule has 0 aliphatic carbocycles. The van der Waals surface area contributed by atoms with Gasteiger partial charge in [0.1, 0.15) is 5.75 Å². The summed E-state index contributed by atoms with van der Waals surface area (Å²) in [5, 5.41) is 14.4. The van der Waals surface area contributed by atoms with Crippen LogP contribution in [0, 0.1) is 0 Å². The first-order chi connectivity index (χ1) is 10.1. The number of rotatable bonds is 3. The van der Waals surface area contributed by atoms with Crippen LogP contribution in [0.4, 0.5) is 0 Å². The number of hydrogen-bond donors (Lipinski definition) is 1. The van der Waals surface area contributed by atoms with E-state index in [0.29, 0.717) is 33.7 Å². The summed E-state index contributed by atoms with van der Waals surface area (Å²) < 4.78 is 5.21. The molecule has 1 N–H and O–H groups in total. The van der Waals surface area contributed by atoms with Crippen LogP contribution < -0.4 is 0 Å². The summed E-state index contributed by atoms with van der Waals surface area (Å²) in [6, 6.07) is 12.0. The van der Waals surface area contributed by atoms with Gasteiger partial charge in [0.25, 0.3) is 0 Å². The lowest BCUT2D eigenvalue weighted by molar-refractivity contribution is 0.385. The Morgan fingerprint density at radius 1 is 1.05 bits per heavy atom. The van der Waals surface area contributed by atoms with E-state index >= 15 is 0 Å². The van der Waals surface area contributed by atoms with Gasteiger partial charge in [0.15, 0.2) is 0 Å². The molecule has 0 aliphatic rings. The van der Waals surface area contributed by atoms with E-state index in [2.05, 4.69) is 10.1 Å². The van der Waals surface area contributed by atoms with Crippen LogP contribution in [-0.2, 0) is 6.42 Å². The predicted molar refractivity (Wildman–Crippen MR) is 80.7 cm³/mol. The zero-order chi connectivity index (χ0) is 14.8. The van der Waals surface area contributed by atoms with Crippen molar-refractivity contribution >= 4 is 23.2 Å². The van der Waals surface area contributed by atoms with Crippen LogP contribution in [0.15, 0.2) is 47.0 Å². The third kappa shape index (κ3) is 3.35. The van der Waals surface area contributed by atoms with Crippen molar-refractivity contribution in [2.45, 2.75) is 6.42 Å². The van der Waals surface area contributed by atoms with Gasteiger partial charge < -0.3 is 9.63 Å². The third-order valence-electron chi connectivity index (χ3n) is 2.85. The Bertz CT molecular complexity index is 767. The van der Waals surface area contributed by atoms with Crippen molar-refractivity contribution in [1.82, 2.24) is 10.1 Å². The molecule has 3 aromatic rings. The van der Waals surface area contributed by atoms with Gasteiger partial charge >= 0.3 is 0 Å². The Labute approximate surface area is 130 Å². The van der Waals surface area contributed by atoms with Gasteiger partial charge in [-0.3, -0.25) is 0 Å². The fraction of sp³-hybridized carbons (Fsp3) is 0.0667. The van der Waals surface area contributed by atoms with E-state index in [0.717, 1.165) is 5.56 Å². The maximum atomic E-state index is 9.44. The lowest BCUT2D eigenvalue weighted by Gasteiger charge is -1.98. The first-order valence-corrected chi connectivity index (χ1v) is 6.93. The lowest BCUT2D eigenvalue weighted by Crippen LogP contribution is -1.88. The highest BCUT2D eigenvalue weighted by Gasteiger charge is 2.11. The molecule has 0 radical (unpaired) electrons. The molecule has 0 unspecified atom stereocenters. The quantitative estimate of drug-likeness (QED) is 0.779. The SMILES string of the molecule is Oc1cccc(Cc2nc(-c3cc(Cl)cc(Cl)c3)no2)c1. The van der Waals surface area contributed by atoms with E-state index in [9.17, 15) is 5.11 Å². The zero-order valence-electron chi connectivity index (χ0n) is 10.8. The maximum Gasteiger partial charge on any atom is 0.231 e. The van der Waals surface area contributed by atoms with Gasteiger partial charge in [-0.05, 0) is 35.9 Å². The molecule has 0 spiro atoms. The first kappa shape index (κ1) is 13.9. The monoisotopic (exact) mass is 320 g/mol. The topological polar surface area (TPSA) is 59.2 Å². The summed E-state index contributed by atoms with van der Waals surface area (Å²) in [5.41, 5.74) is 1.58. The van der Waals surface area contributed by atoms with E-state index < -0.39 is 0 Å². The molecule has 4 nitrogen and oxygen atoms in total. The second kappa shape index (κ2) is 5.76. The first-order valence-electron chi connectivity index (χ1n) is 6.17. The fourth-order valence-electron chi connectivity index (χ4n) is 1.97. The third-order valence-corrected chi connectivity index (χ3v) is 3.29. The molecule has 0 saturated carbocycles. The van der Waals surface area contributed by atoms with Crippen LogP contribution in [0.5, 0.6) is 5.75 Å². The molecule has 0 aliphatic heterocycles. The summed E-state index contributed by atoms with van der Waals surface area (Å²) in [6.07, 6.45) is 0.440. The summed E-state index contributed by atoms with van der Waals surface area (Å²) in [7, 11) is 0. The Hall–Kier alpha value is -2.04. The molecule has 0 fully saturated rings. The van der Waals surface area contributed by atoms with Crippen LogP contribution in [-0.4, -0.2) is 15.2 Å². The summed E-state index contributed by atoms with van der Waals surface area (Å²) in [4.78, 5) is 4.31. The second-order valence-electron chi connectivity index (χ2n) is 4.52. The Kier molecular flexibility index (Phi) is 3.82. The number of hydrogen-bond acceptors (Lipinski definition) is 4. The minimum atomic E-state index is 0.203. The number of halogens is 2. The number of phenols is 1. The van der Waals surface area contributed by atoms with E-state index in [1.807, 2.05) is 6.07 Å². The van der Waals surface area contributed by atoms with Crippen molar-refractivity contribution in [3.8, 4) is 17.1 Å². The van der Waals surface area contributed by atoms with Crippen molar-refractivity contribution in [3.05, 3.63) is 64.0 Å². The zero-order valence-corrected chi connectivity index (χ0v) is 12.3. The van der Waals surface area contributed by atoms with Gasteiger partial charge in [-0.15, -0.1) is 0 Å². The van der Waals surface area contributed by atoms with E-state index in [1.54, 1.807) is 36.4 Å². The highest BCUT2D eigenvalue weighted by Crippen LogP contribution is 2.25. The molecule has 0 bridgehead atoms. The fourth-order valence-corrected chi connectivity index (χ4v) is 2.49. The highest BCUT2D eigenvalue weighted by molar-refractivity contribution is 6.35. The summed E-state index contributed by atoms with van der Waals surface area (Å²) in [6.45, 7) is 0. The molecule has 2 aromatic carbocycles. The molecule has 106 valence electrons. The Balaban J connectivity index is 1.86. The number of nitrogens with zero attached hydrogens (tertiary/aromatic N) is 2. The Morgan fingerprint density at radius 3 is 2.52 bits per heavy atom. The van der Waals surface area contributed by atoms with Gasteiger partial charge in [-0.25, -0.2) is 0 Å². The maximum absolute atomic E-state index is 9.44. The average molecular weight is 321 g/mol. The smallest absolute Gasteiger partial charge is 0.231 e. The molecule has 21 heavy (non-hydrogen) atoms. The highest BCUT2D eigenvalue weighted by atomic mass is 35.5. The van der Waals surface area contributed by atoms with Gasteiger partial charge in [-0.1, -0.05) is 40.5 Å². The van der Waals surface area contributed by atoms with Gasteiger partial charge in [-0.2, -0.15) is 4.98 Å². The van der Waals surface area contributed by atoms with Crippen LogP contribution in [0.1, 0.15) is 11.5 Å². The van der Waals surface area contributed by atoms with Crippen LogP contribution >= 0.6 is 23.2 Å². The predicted octanol–water partition coefficient (Wildman–Crippen LogP) is 4.34. The second-order valence-corrected chi connectivity index (χ2v) is 5.39. The number of aromatic hydroxyl groups is 1. The van der Waals surface area contributed by atoms with Crippen LogP contribution in [0.2, 0.25) is 10.0 Å². The van der Waals surface area contributed by atoms with Crippen molar-refractivity contribution in [3.63, 3.8) is 0 Å². The number of aromatic nitrogens is 2. The standard InChI is InChI=1S/C15H10Cl2N2O2/c16-11-6-10(7-12(17)8-11)15-18-14(21-19-15)5-9-2-1-3-13(20)4-9/h1-4,6-8,20H,5H2. The largest absolute Gasteiger partial charge is 0.508 e. The number of phenolic OH excluding ortho intramolecular Hbond substituents is 1. The van der Waals surface area contributed by atoms with Gasteiger partial charge in [0, 0.05) is 15.6 Å². The summed E-state index contributed by atoms with van der Waals surface area (Å²) >= 11 is 11.9. The molecule has 1 heterocycles. The molecule has 3 rings (SSSR count). The molecular formula is C15H10Cl2N2O2. The molecule has 0 saturated heterocycles. The molecule has 1 aromatic heterocycles. The Morgan fingerprint density at radius 2 is 1.81 bits per heavy atom. The molecule has 0 atom stereocenters. The van der Waals surface area contributed by atoms with Crippen molar-refractivity contribution < 1.29 is 9.63 Å².